The maximum atomic E-state index is 13.1. The van der Waals surface area contributed by atoms with E-state index in [-0.39, 0.29) is 0 Å². The molecule has 1 aliphatic heterocycles. The predicted octanol–water partition coefficient (Wildman–Crippen LogP) is 2.10. The van der Waals surface area contributed by atoms with Crippen LogP contribution in [0.15, 0.2) is 24.7 Å². The zero-order chi connectivity index (χ0) is 13.9. The molecule has 0 saturated carbocycles. The molecule has 3 heterocycles. The Kier molecular flexibility index (Phi) is 3.54. The van der Waals surface area contributed by atoms with Crippen molar-refractivity contribution in [1.29, 1.82) is 0 Å². The lowest BCUT2D eigenvalue weighted by molar-refractivity contribution is 0.480. The van der Waals surface area contributed by atoms with E-state index in [9.17, 15) is 4.39 Å². The molecule has 0 N–H and O–H groups in total. The fraction of sp³-hybridized carbons (Fsp3) is 0.429. The first kappa shape index (κ1) is 12.9. The Morgan fingerprint density at radius 3 is 2.70 bits per heavy atom. The van der Waals surface area contributed by atoms with Gasteiger partial charge in [-0.3, -0.25) is 0 Å². The lowest BCUT2D eigenvalue weighted by atomic mass is 9.96. The largest absolute Gasteiger partial charge is 0.356 e. The third kappa shape index (κ3) is 2.74. The minimum Gasteiger partial charge on any atom is -0.356 e. The van der Waals surface area contributed by atoms with Crippen molar-refractivity contribution in [3.05, 3.63) is 42.1 Å². The predicted molar refractivity (Wildman–Crippen MR) is 72.9 cm³/mol. The van der Waals surface area contributed by atoms with E-state index in [1.807, 2.05) is 19.2 Å². The average molecular weight is 273 g/mol. The molecule has 0 spiro atoms. The molecule has 104 valence electrons. The van der Waals surface area contributed by atoms with Crippen molar-refractivity contribution in [3.8, 4) is 0 Å². The van der Waals surface area contributed by atoms with Gasteiger partial charge in [-0.2, -0.15) is 4.39 Å². The molecule has 5 nitrogen and oxygen atoms in total. The van der Waals surface area contributed by atoms with Crippen molar-refractivity contribution in [3.63, 3.8) is 0 Å². The first-order valence-electron chi connectivity index (χ1n) is 6.74. The molecule has 0 atom stereocenters. The van der Waals surface area contributed by atoms with Crippen molar-refractivity contribution in [1.82, 2.24) is 19.9 Å². The normalized spacial score (nSPS) is 16.4. The van der Waals surface area contributed by atoms with E-state index in [0.717, 1.165) is 37.4 Å². The van der Waals surface area contributed by atoms with Gasteiger partial charge >= 0.3 is 0 Å². The summed E-state index contributed by atoms with van der Waals surface area (Å²) >= 11 is 0. The van der Waals surface area contributed by atoms with Crippen LogP contribution in [0, 0.1) is 12.9 Å². The van der Waals surface area contributed by atoms with Gasteiger partial charge in [0.15, 0.2) is 0 Å². The summed E-state index contributed by atoms with van der Waals surface area (Å²) < 4.78 is 13.1. The molecule has 6 heteroatoms. The van der Waals surface area contributed by atoms with Crippen molar-refractivity contribution < 1.29 is 4.39 Å². The molecule has 20 heavy (non-hydrogen) atoms. The number of hydrogen-bond donors (Lipinski definition) is 0. The molecular formula is C14H16FN5. The lowest BCUT2D eigenvalue weighted by Crippen LogP contribution is -2.34. The van der Waals surface area contributed by atoms with Gasteiger partial charge < -0.3 is 4.90 Å². The number of halogens is 1. The fourth-order valence-corrected chi connectivity index (χ4v) is 2.53. The number of hydrogen-bond acceptors (Lipinski definition) is 5. The van der Waals surface area contributed by atoms with Crippen LogP contribution >= 0.6 is 0 Å². The molecule has 3 rings (SSSR count). The van der Waals surface area contributed by atoms with Gasteiger partial charge in [-0.25, -0.2) is 19.9 Å². The van der Waals surface area contributed by atoms with Crippen molar-refractivity contribution in [2.75, 3.05) is 18.0 Å². The summed E-state index contributed by atoms with van der Waals surface area (Å²) in [4.78, 5) is 18.5. The van der Waals surface area contributed by atoms with Gasteiger partial charge in [0, 0.05) is 37.0 Å². The number of piperidine rings is 1. The standard InChI is InChI=1S/C14H16FN5/c1-10-2-5-16-14(19-10)11-3-6-20(7-4-11)13-8-12(15)17-9-18-13/h2,5,8-9,11H,3-4,6-7H2,1H3. The monoisotopic (exact) mass is 273 g/mol. The minimum absolute atomic E-state index is 0.373. The van der Waals surface area contributed by atoms with E-state index < -0.39 is 5.95 Å². The van der Waals surface area contributed by atoms with Gasteiger partial charge in [-0.05, 0) is 25.8 Å². The Morgan fingerprint density at radius 2 is 2.00 bits per heavy atom. The zero-order valence-electron chi connectivity index (χ0n) is 11.3. The number of aryl methyl sites for hydroxylation is 1. The minimum atomic E-state index is -0.487. The molecule has 0 unspecified atom stereocenters. The van der Waals surface area contributed by atoms with Crippen molar-refractivity contribution in [2.24, 2.45) is 0 Å². The summed E-state index contributed by atoms with van der Waals surface area (Å²) in [7, 11) is 0. The molecule has 1 saturated heterocycles. The van der Waals surface area contributed by atoms with Gasteiger partial charge in [-0.1, -0.05) is 0 Å². The van der Waals surface area contributed by atoms with Gasteiger partial charge in [-0.15, -0.1) is 0 Å². The van der Waals surface area contributed by atoms with E-state index in [4.69, 9.17) is 0 Å². The van der Waals surface area contributed by atoms with Crippen molar-refractivity contribution in [2.45, 2.75) is 25.7 Å². The molecule has 0 bridgehead atoms. The van der Waals surface area contributed by atoms with Gasteiger partial charge in [0.2, 0.25) is 5.95 Å². The van der Waals surface area contributed by atoms with E-state index in [1.165, 1.54) is 12.4 Å². The van der Waals surface area contributed by atoms with Crippen LogP contribution in [0.2, 0.25) is 0 Å². The third-order valence-corrected chi connectivity index (χ3v) is 3.62. The Hall–Kier alpha value is -2.11. The summed E-state index contributed by atoms with van der Waals surface area (Å²) in [6.45, 7) is 3.64. The summed E-state index contributed by atoms with van der Waals surface area (Å²) in [6.07, 6.45) is 4.98. The van der Waals surface area contributed by atoms with Gasteiger partial charge in [0.1, 0.15) is 18.0 Å². The van der Waals surface area contributed by atoms with Crippen LogP contribution in [-0.4, -0.2) is 33.0 Å². The molecule has 2 aromatic heterocycles. The number of nitrogens with zero attached hydrogens (tertiary/aromatic N) is 5. The van der Waals surface area contributed by atoms with E-state index in [0.29, 0.717) is 11.7 Å². The zero-order valence-corrected chi connectivity index (χ0v) is 11.3. The first-order valence-corrected chi connectivity index (χ1v) is 6.74. The Labute approximate surface area is 116 Å². The highest BCUT2D eigenvalue weighted by molar-refractivity contribution is 5.37. The van der Waals surface area contributed by atoms with Crippen LogP contribution in [-0.2, 0) is 0 Å². The number of rotatable bonds is 2. The van der Waals surface area contributed by atoms with Crippen LogP contribution in [0.4, 0.5) is 10.2 Å². The highest BCUT2D eigenvalue weighted by atomic mass is 19.1. The third-order valence-electron chi connectivity index (χ3n) is 3.62. The molecule has 0 aliphatic carbocycles. The van der Waals surface area contributed by atoms with E-state index >= 15 is 0 Å². The molecule has 0 amide bonds. The molecular weight excluding hydrogens is 257 g/mol. The second-order valence-corrected chi connectivity index (χ2v) is 5.02. The van der Waals surface area contributed by atoms with Crippen LogP contribution in [0.1, 0.15) is 30.3 Å². The quantitative estimate of drug-likeness (QED) is 0.784. The summed E-state index contributed by atoms with van der Waals surface area (Å²) in [5.41, 5.74) is 0.996. The Balaban J connectivity index is 1.68. The summed E-state index contributed by atoms with van der Waals surface area (Å²) in [6, 6.07) is 3.28. The van der Waals surface area contributed by atoms with E-state index in [2.05, 4.69) is 24.8 Å². The van der Waals surface area contributed by atoms with E-state index in [1.54, 1.807) is 0 Å². The van der Waals surface area contributed by atoms with Crippen LogP contribution in [0.3, 0.4) is 0 Å². The second kappa shape index (κ2) is 5.48. The fourth-order valence-electron chi connectivity index (χ4n) is 2.53. The maximum absolute atomic E-state index is 13.1. The molecule has 1 aliphatic rings. The van der Waals surface area contributed by atoms with Gasteiger partial charge in [0.05, 0.1) is 0 Å². The molecule has 2 aromatic rings. The highest BCUT2D eigenvalue weighted by Crippen LogP contribution is 2.27. The Morgan fingerprint density at radius 1 is 1.20 bits per heavy atom. The summed E-state index contributed by atoms with van der Waals surface area (Å²) in [5, 5.41) is 0. The average Bonchev–Trinajstić information content (AvgIpc) is 2.47. The maximum Gasteiger partial charge on any atom is 0.218 e. The van der Waals surface area contributed by atoms with Crippen LogP contribution in [0.25, 0.3) is 0 Å². The lowest BCUT2D eigenvalue weighted by Gasteiger charge is -2.32. The van der Waals surface area contributed by atoms with Crippen LogP contribution < -0.4 is 4.90 Å². The number of anilines is 1. The second-order valence-electron chi connectivity index (χ2n) is 5.02. The highest BCUT2D eigenvalue weighted by Gasteiger charge is 2.23. The smallest absolute Gasteiger partial charge is 0.218 e. The van der Waals surface area contributed by atoms with Crippen LogP contribution in [0.5, 0.6) is 0 Å². The SMILES string of the molecule is Cc1ccnc(C2CCN(c3cc(F)ncn3)CC2)n1. The topological polar surface area (TPSA) is 54.8 Å². The number of aromatic nitrogens is 4. The van der Waals surface area contributed by atoms with Crippen molar-refractivity contribution >= 4 is 5.82 Å². The Bertz CT molecular complexity index is 542. The summed E-state index contributed by atoms with van der Waals surface area (Å²) in [5.74, 6) is 1.46. The molecule has 0 aromatic carbocycles. The molecule has 1 fully saturated rings. The first-order chi connectivity index (χ1) is 9.72. The van der Waals surface area contributed by atoms with Gasteiger partial charge in [0.25, 0.3) is 0 Å². The molecule has 0 radical (unpaired) electrons.